The zero-order chi connectivity index (χ0) is 8.93. The van der Waals surface area contributed by atoms with E-state index in [2.05, 4.69) is 39.1 Å². The summed E-state index contributed by atoms with van der Waals surface area (Å²) >= 11 is 2.19. The molecule has 1 aliphatic heterocycles. The molecule has 1 aliphatic carbocycles. The zero-order valence-electron chi connectivity index (χ0n) is 8.26. The maximum Gasteiger partial charge on any atom is 0.0138 e. The molecule has 2 fully saturated rings. The van der Waals surface area contributed by atoms with Gasteiger partial charge in [0.25, 0.3) is 0 Å². The lowest BCUT2D eigenvalue weighted by Gasteiger charge is -2.29. The second-order valence-corrected chi connectivity index (χ2v) is 6.74. The number of thioether (sulfide) groups is 1. The predicted molar refractivity (Wildman–Crippen MR) is 56.5 cm³/mol. The number of fused-ring (bicyclic) bond motifs is 2. The number of hydrogen-bond donors (Lipinski definition) is 0. The van der Waals surface area contributed by atoms with E-state index in [1.165, 1.54) is 18.4 Å². The lowest BCUT2D eigenvalue weighted by molar-refractivity contribution is 0.353. The molecule has 0 nitrogen and oxygen atoms in total. The molecule has 3 unspecified atom stereocenters. The minimum Gasteiger partial charge on any atom is -0.151 e. The van der Waals surface area contributed by atoms with Crippen LogP contribution in [0.4, 0.5) is 0 Å². The molecule has 0 spiro atoms. The minimum absolute atomic E-state index is 0.512. The van der Waals surface area contributed by atoms with Gasteiger partial charge in [0.2, 0.25) is 0 Å². The van der Waals surface area contributed by atoms with Gasteiger partial charge in [0, 0.05) is 10.00 Å². The number of allylic oxidation sites excluding steroid dienone is 1. The SMILES string of the molecule is C=C1CC2CC(SC2(C)C)C1C. The molecule has 2 aliphatic rings. The number of hydrogen-bond acceptors (Lipinski definition) is 1. The Balaban J connectivity index is 2.24. The Bertz CT molecular complexity index is 217. The Morgan fingerprint density at radius 1 is 1.50 bits per heavy atom. The summed E-state index contributed by atoms with van der Waals surface area (Å²) in [5.41, 5.74) is 1.49. The van der Waals surface area contributed by atoms with Crippen molar-refractivity contribution in [1.82, 2.24) is 0 Å². The van der Waals surface area contributed by atoms with Crippen LogP contribution in [0.1, 0.15) is 33.6 Å². The maximum absolute atomic E-state index is 4.19. The van der Waals surface area contributed by atoms with Crippen LogP contribution in [0.15, 0.2) is 12.2 Å². The Morgan fingerprint density at radius 3 is 2.83 bits per heavy atom. The van der Waals surface area contributed by atoms with E-state index in [1.807, 2.05) is 0 Å². The van der Waals surface area contributed by atoms with Gasteiger partial charge in [-0.2, -0.15) is 11.8 Å². The van der Waals surface area contributed by atoms with E-state index in [9.17, 15) is 0 Å². The predicted octanol–water partition coefficient (Wildman–Crippen LogP) is 3.48. The second-order valence-electron chi connectivity index (χ2n) is 4.84. The van der Waals surface area contributed by atoms with Crippen LogP contribution in [0.5, 0.6) is 0 Å². The summed E-state index contributed by atoms with van der Waals surface area (Å²) in [6.45, 7) is 11.3. The van der Waals surface area contributed by atoms with Crippen LogP contribution in [-0.4, -0.2) is 10.00 Å². The summed E-state index contributed by atoms with van der Waals surface area (Å²) in [4.78, 5) is 0. The van der Waals surface area contributed by atoms with Crippen LogP contribution in [0.3, 0.4) is 0 Å². The van der Waals surface area contributed by atoms with Gasteiger partial charge in [-0.15, -0.1) is 0 Å². The van der Waals surface area contributed by atoms with Crippen molar-refractivity contribution in [2.75, 3.05) is 0 Å². The van der Waals surface area contributed by atoms with E-state index < -0.39 is 0 Å². The van der Waals surface area contributed by atoms with Gasteiger partial charge in [-0.1, -0.05) is 32.9 Å². The molecule has 1 saturated carbocycles. The fourth-order valence-electron chi connectivity index (χ4n) is 2.50. The van der Waals surface area contributed by atoms with Crippen molar-refractivity contribution in [3.63, 3.8) is 0 Å². The van der Waals surface area contributed by atoms with E-state index >= 15 is 0 Å². The van der Waals surface area contributed by atoms with Crippen molar-refractivity contribution in [1.29, 1.82) is 0 Å². The Morgan fingerprint density at radius 2 is 2.17 bits per heavy atom. The fraction of sp³-hybridized carbons (Fsp3) is 0.818. The molecule has 12 heavy (non-hydrogen) atoms. The van der Waals surface area contributed by atoms with Crippen molar-refractivity contribution in [3.05, 3.63) is 12.2 Å². The molecule has 68 valence electrons. The van der Waals surface area contributed by atoms with Crippen molar-refractivity contribution in [2.24, 2.45) is 11.8 Å². The first-order valence-corrected chi connectivity index (χ1v) is 5.74. The fourth-order valence-corrected chi connectivity index (χ4v) is 4.38. The van der Waals surface area contributed by atoms with Gasteiger partial charge in [-0.05, 0) is 24.7 Å². The van der Waals surface area contributed by atoms with E-state index in [1.54, 1.807) is 0 Å². The van der Waals surface area contributed by atoms with Crippen LogP contribution in [0.25, 0.3) is 0 Å². The van der Waals surface area contributed by atoms with Crippen LogP contribution >= 0.6 is 11.8 Å². The molecule has 0 radical (unpaired) electrons. The highest BCUT2D eigenvalue weighted by Crippen LogP contribution is 2.56. The van der Waals surface area contributed by atoms with Crippen LogP contribution in [0.2, 0.25) is 0 Å². The molecule has 0 aromatic rings. The van der Waals surface area contributed by atoms with Gasteiger partial charge in [-0.25, -0.2) is 0 Å². The van der Waals surface area contributed by atoms with Gasteiger partial charge < -0.3 is 0 Å². The molecule has 3 atom stereocenters. The highest BCUT2D eigenvalue weighted by Gasteiger charge is 2.47. The lowest BCUT2D eigenvalue weighted by Crippen LogP contribution is -2.25. The van der Waals surface area contributed by atoms with Gasteiger partial charge in [0.15, 0.2) is 0 Å². The average Bonchev–Trinajstić information content (AvgIpc) is 2.21. The molecule has 2 bridgehead atoms. The third-order valence-electron chi connectivity index (χ3n) is 3.67. The molecule has 0 aromatic carbocycles. The third-order valence-corrected chi connectivity index (χ3v) is 5.51. The first kappa shape index (κ1) is 8.68. The Hall–Kier alpha value is 0.0900. The average molecular weight is 182 g/mol. The van der Waals surface area contributed by atoms with E-state index in [-0.39, 0.29) is 0 Å². The first-order valence-electron chi connectivity index (χ1n) is 4.86. The number of rotatable bonds is 0. The largest absolute Gasteiger partial charge is 0.151 e. The maximum atomic E-state index is 4.19. The molecular formula is C11H18S. The monoisotopic (exact) mass is 182 g/mol. The summed E-state index contributed by atoms with van der Waals surface area (Å²) in [6, 6.07) is 0. The first-order chi connectivity index (χ1) is 5.50. The van der Waals surface area contributed by atoms with Crippen molar-refractivity contribution >= 4 is 11.8 Å². The summed E-state index contributed by atoms with van der Waals surface area (Å²) in [7, 11) is 0. The van der Waals surface area contributed by atoms with E-state index in [0.717, 1.165) is 17.1 Å². The summed E-state index contributed by atoms with van der Waals surface area (Å²) in [6.07, 6.45) is 2.70. The van der Waals surface area contributed by atoms with E-state index in [0.29, 0.717) is 4.75 Å². The Kier molecular flexibility index (Phi) is 1.84. The van der Waals surface area contributed by atoms with Crippen molar-refractivity contribution < 1.29 is 0 Å². The lowest BCUT2D eigenvalue weighted by atomic mass is 9.75. The van der Waals surface area contributed by atoms with Gasteiger partial charge >= 0.3 is 0 Å². The van der Waals surface area contributed by atoms with Gasteiger partial charge in [0.05, 0.1) is 0 Å². The topological polar surface area (TPSA) is 0 Å². The molecule has 0 aromatic heterocycles. The molecule has 1 saturated heterocycles. The molecular weight excluding hydrogens is 164 g/mol. The van der Waals surface area contributed by atoms with E-state index in [4.69, 9.17) is 0 Å². The van der Waals surface area contributed by atoms with Crippen LogP contribution < -0.4 is 0 Å². The highest BCUT2D eigenvalue weighted by molar-refractivity contribution is 8.01. The van der Waals surface area contributed by atoms with Gasteiger partial charge in [-0.3, -0.25) is 0 Å². The molecule has 1 heteroatoms. The summed E-state index contributed by atoms with van der Waals surface area (Å²) < 4.78 is 0.512. The van der Waals surface area contributed by atoms with Crippen molar-refractivity contribution in [3.8, 4) is 0 Å². The molecule has 0 N–H and O–H groups in total. The summed E-state index contributed by atoms with van der Waals surface area (Å²) in [5, 5.41) is 0.867. The zero-order valence-corrected chi connectivity index (χ0v) is 9.08. The highest BCUT2D eigenvalue weighted by atomic mass is 32.2. The summed E-state index contributed by atoms with van der Waals surface area (Å²) in [5.74, 6) is 1.66. The third kappa shape index (κ3) is 1.14. The van der Waals surface area contributed by atoms with Crippen molar-refractivity contribution in [2.45, 2.75) is 43.6 Å². The minimum atomic E-state index is 0.512. The Labute approximate surface area is 79.8 Å². The molecule has 2 rings (SSSR count). The van der Waals surface area contributed by atoms with Crippen LogP contribution in [0, 0.1) is 11.8 Å². The quantitative estimate of drug-likeness (QED) is 0.517. The molecule has 0 amide bonds. The molecule has 1 heterocycles. The van der Waals surface area contributed by atoms with Gasteiger partial charge in [0.1, 0.15) is 0 Å². The van der Waals surface area contributed by atoms with Crippen LogP contribution in [-0.2, 0) is 0 Å². The standard InChI is InChI=1S/C11H18S/c1-7-5-9-6-10(8(7)2)12-11(9,3)4/h8-10H,1,5-6H2,2-4H3. The second kappa shape index (κ2) is 2.54. The normalized spacial score (nSPS) is 44.9. The smallest absolute Gasteiger partial charge is 0.0138 e.